The quantitative estimate of drug-likeness (QED) is 0.351. The van der Waals surface area contributed by atoms with E-state index in [-0.39, 0.29) is 35.7 Å². The second-order valence-corrected chi connectivity index (χ2v) is 11.7. The summed E-state index contributed by atoms with van der Waals surface area (Å²) in [5, 5.41) is 4.78. The minimum Gasteiger partial charge on any atom is -0.269 e. The lowest BCUT2D eigenvalue weighted by Crippen LogP contribution is -2.34. The van der Waals surface area contributed by atoms with E-state index in [2.05, 4.69) is 30.1 Å². The topological polar surface area (TPSA) is 88.1 Å². The number of sulfonamides is 1. The molecule has 14 heteroatoms. The zero-order chi connectivity index (χ0) is 24.5. The van der Waals surface area contributed by atoms with Crippen molar-refractivity contribution < 1.29 is 30.1 Å². The number of hydrogen-bond donors (Lipinski definition) is 1. The van der Waals surface area contributed by atoms with Crippen LogP contribution in [-0.2, 0) is 25.6 Å². The van der Waals surface area contributed by atoms with E-state index in [9.17, 15) is 25.8 Å². The number of unbranched alkanes of at least 4 members (excludes halogenated alkanes) is 1. The van der Waals surface area contributed by atoms with Gasteiger partial charge in [0.1, 0.15) is 5.00 Å². The first-order valence-electron chi connectivity index (χ1n) is 9.88. The largest absolute Gasteiger partial charge is 0.389 e. The maximum absolute atomic E-state index is 13.9. The smallest absolute Gasteiger partial charge is 0.269 e. The molecule has 1 N–H and O–H groups in total. The van der Waals surface area contributed by atoms with Crippen LogP contribution in [0.1, 0.15) is 24.8 Å². The number of hydrogen-bond acceptors (Lipinski definition) is 6. The van der Waals surface area contributed by atoms with Crippen molar-refractivity contribution in [3.05, 3.63) is 58.6 Å². The fourth-order valence-electron chi connectivity index (χ4n) is 3.37. The zero-order valence-corrected chi connectivity index (χ0v) is 21.2. The van der Waals surface area contributed by atoms with Crippen LogP contribution < -0.4 is 9.03 Å². The molecule has 182 valence electrons. The third-order valence-corrected chi connectivity index (χ3v) is 9.70. The summed E-state index contributed by atoms with van der Waals surface area (Å²) in [4.78, 5) is -0.149. The van der Waals surface area contributed by atoms with E-state index in [0.717, 1.165) is 14.4 Å². The van der Waals surface area contributed by atoms with E-state index >= 15 is 0 Å². The summed E-state index contributed by atoms with van der Waals surface area (Å²) in [5.74, 6) is -0.0232. The van der Waals surface area contributed by atoms with Crippen molar-refractivity contribution in [3.63, 3.8) is 0 Å². The summed E-state index contributed by atoms with van der Waals surface area (Å²) in [6.45, 7) is -0.166. The standard InChI is InChI=1S/C20H17BrF3N3O4S3/c21-17-13-7-1-3-9-15(13)32-19(17)27(12-6-5-11-20(22,23)24)34(29,30)16-10-4-2-8-14(16)18-25-31-33(28)26-18/h1-4,7-10H,5-6,11-12H2,(H,25,26). The minimum atomic E-state index is -4.32. The SMILES string of the molecule is O=S1NC(c2ccccc2S(=O)(=O)N(CCCCC(F)(F)F)c2sc3ccccc3c2Br)=NO1. The van der Waals surface area contributed by atoms with Gasteiger partial charge in [-0.05, 0) is 52.1 Å². The Balaban J connectivity index is 1.77. The van der Waals surface area contributed by atoms with Gasteiger partial charge in [0.15, 0.2) is 5.84 Å². The number of halogens is 4. The Labute approximate surface area is 208 Å². The van der Waals surface area contributed by atoms with Crippen LogP contribution in [0.25, 0.3) is 10.1 Å². The molecular formula is C20H17BrF3N3O4S3. The Morgan fingerprint density at radius 2 is 1.82 bits per heavy atom. The second kappa shape index (κ2) is 9.84. The molecule has 1 atom stereocenters. The highest BCUT2D eigenvalue weighted by Gasteiger charge is 2.33. The van der Waals surface area contributed by atoms with E-state index in [4.69, 9.17) is 0 Å². The first kappa shape index (κ1) is 24.9. The van der Waals surface area contributed by atoms with Crippen molar-refractivity contribution in [1.29, 1.82) is 0 Å². The number of anilines is 1. The van der Waals surface area contributed by atoms with Gasteiger partial charge in [-0.1, -0.05) is 30.3 Å². The van der Waals surface area contributed by atoms with E-state index in [1.807, 2.05) is 24.3 Å². The van der Waals surface area contributed by atoms with Crippen molar-refractivity contribution >= 4 is 69.5 Å². The van der Waals surface area contributed by atoms with Gasteiger partial charge in [-0.25, -0.2) is 8.42 Å². The van der Waals surface area contributed by atoms with Crippen LogP contribution in [0.15, 0.2) is 63.1 Å². The van der Waals surface area contributed by atoms with Gasteiger partial charge in [-0.15, -0.1) is 11.3 Å². The lowest BCUT2D eigenvalue weighted by atomic mass is 10.2. The molecule has 2 heterocycles. The maximum Gasteiger partial charge on any atom is 0.389 e. The van der Waals surface area contributed by atoms with Crippen LogP contribution in [-0.4, -0.2) is 31.2 Å². The number of oxime groups is 1. The molecule has 1 unspecified atom stereocenters. The average molecular weight is 596 g/mol. The van der Waals surface area contributed by atoms with Crippen LogP contribution in [0.4, 0.5) is 18.2 Å². The lowest BCUT2D eigenvalue weighted by Gasteiger charge is -2.25. The van der Waals surface area contributed by atoms with Crippen molar-refractivity contribution in [3.8, 4) is 0 Å². The van der Waals surface area contributed by atoms with Crippen molar-refractivity contribution in [2.75, 3.05) is 10.8 Å². The number of nitrogens with one attached hydrogen (secondary N) is 1. The van der Waals surface area contributed by atoms with Gasteiger partial charge in [0.05, 0.1) is 9.37 Å². The number of thiophene rings is 1. The van der Waals surface area contributed by atoms with Crippen LogP contribution in [0, 0.1) is 0 Å². The summed E-state index contributed by atoms with van der Waals surface area (Å²) < 4.78 is 86.9. The Morgan fingerprint density at radius 3 is 2.50 bits per heavy atom. The molecule has 34 heavy (non-hydrogen) atoms. The molecule has 1 aromatic heterocycles. The molecule has 7 nitrogen and oxygen atoms in total. The van der Waals surface area contributed by atoms with Gasteiger partial charge in [0, 0.05) is 28.6 Å². The number of nitrogens with zero attached hydrogens (tertiary/aromatic N) is 2. The third-order valence-electron chi connectivity index (χ3n) is 4.90. The summed E-state index contributed by atoms with van der Waals surface area (Å²) in [6.07, 6.45) is -5.56. The number of amidine groups is 1. The highest BCUT2D eigenvalue weighted by molar-refractivity contribution is 9.10. The number of rotatable bonds is 8. The fraction of sp³-hybridized carbons (Fsp3) is 0.250. The van der Waals surface area contributed by atoms with Gasteiger partial charge < -0.3 is 0 Å². The molecule has 1 aliphatic heterocycles. The summed E-state index contributed by atoms with van der Waals surface area (Å²) >= 11 is 2.75. The number of alkyl halides is 3. The molecule has 0 saturated heterocycles. The Kier molecular flexibility index (Phi) is 7.22. The predicted molar refractivity (Wildman–Crippen MR) is 129 cm³/mol. The predicted octanol–water partition coefficient (Wildman–Crippen LogP) is 5.45. The molecule has 0 spiro atoms. The first-order valence-corrected chi connectivity index (χ1v) is 14.0. The minimum absolute atomic E-state index is 0.00604. The average Bonchev–Trinajstić information content (AvgIpc) is 3.36. The molecule has 0 fully saturated rings. The van der Waals surface area contributed by atoms with Crippen LogP contribution in [0.5, 0.6) is 0 Å². The van der Waals surface area contributed by atoms with Crippen molar-refractivity contribution in [1.82, 2.24) is 4.72 Å². The monoisotopic (exact) mass is 595 g/mol. The van der Waals surface area contributed by atoms with Gasteiger partial charge in [0.2, 0.25) is 0 Å². The van der Waals surface area contributed by atoms with Crippen molar-refractivity contribution in [2.24, 2.45) is 5.16 Å². The maximum atomic E-state index is 13.9. The highest BCUT2D eigenvalue weighted by Crippen LogP contribution is 2.44. The highest BCUT2D eigenvalue weighted by atomic mass is 79.9. The van der Waals surface area contributed by atoms with Crippen LogP contribution in [0.2, 0.25) is 0 Å². The molecule has 0 aliphatic carbocycles. The molecular weight excluding hydrogens is 579 g/mol. The molecule has 0 radical (unpaired) electrons. The summed E-state index contributed by atoms with van der Waals surface area (Å²) in [7, 11) is -4.27. The molecule has 3 aromatic rings. The zero-order valence-electron chi connectivity index (χ0n) is 17.2. The summed E-state index contributed by atoms with van der Waals surface area (Å²) in [5.41, 5.74) is 0.130. The number of benzene rings is 2. The van der Waals surface area contributed by atoms with E-state index < -0.39 is 33.9 Å². The van der Waals surface area contributed by atoms with E-state index in [0.29, 0.717) is 9.47 Å². The lowest BCUT2D eigenvalue weighted by molar-refractivity contribution is -0.135. The van der Waals surface area contributed by atoms with Crippen molar-refractivity contribution in [2.45, 2.75) is 30.3 Å². The Morgan fingerprint density at radius 1 is 1.12 bits per heavy atom. The van der Waals surface area contributed by atoms with Gasteiger partial charge in [-0.2, -0.15) is 17.4 Å². The second-order valence-electron chi connectivity index (χ2n) is 7.21. The van der Waals surface area contributed by atoms with E-state index in [1.54, 1.807) is 6.07 Å². The normalized spacial score (nSPS) is 16.2. The molecule has 1 aliphatic rings. The molecule has 0 saturated carbocycles. The first-order chi connectivity index (χ1) is 16.1. The van der Waals surface area contributed by atoms with Crippen LogP contribution in [0.3, 0.4) is 0 Å². The van der Waals surface area contributed by atoms with Gasteiger partial charge >= 0.3 is 17.4 Å². The Hall–Kier alpha value is -2.16. The van der Waals surface area contributed by atoms with E-state index in [1.165, 1.54) is 29.5 Å². The third kappa shape index (κ3) is 5.24. The molecule has 0 bridgehead atoms. The number of fused-ring (bicyclic) bond motifs is 1. The molecule has 2 aromatic carbocycles. The van der Waals surface area contributed by atoms with Gasteiger partial charge in [0.25, 0.3) is 10.0 Å². The Bertz CT molecular complexity index is 1380. The molecule has 4 rings (SSSR count). The van der Waals surface area contributed by atoms with Crippen LogP contribution >= 0.6 is 27.3 Å². The molecule has 0 amide bonds. The summed E-state index contributed by atoms with van der Waals surface area (Å²) in [6, 6.07) is 13.2. The fourth-order valence-corrected chi connectivity index (χ4v) is 7.95. The van der Waals surface area contributed by atoms with Gasteiger partial charge in [-0.3, -0.25) is 13.3 Å².